The van der Waals surface area contributed by atoms with Crippen LogP contribution in [-0.4, -0.2) is 11.1 Å². The quantitative estimate of drug-likeness (QED) is 0.868. The standard InChI is InChI=1S/C17H24O2/c1-12-7-6-10-15(13(12)2)16(11-17(18)19)14-8-4-3-5-9-14/h6-7,10,14,16H,3-5,8-9,11H2,1-2H3,(H,18,19). The first-order valence-electron chi connectivity index (χ1n) is 7.37. The molecule has 1 unspecified atom stereocenters. The molecule has 1 aliphatic rings. The summed E-state index contributed by atoms with van der Waals surface area (Å²) in [5, 5.41) is 9.24. The van der Waals surface area contributed by atoms with E-state index in [-0.39, 0.29) is 12.3 Å². The zero-order valence-corrected chi connectivity index (χ0v) is 12.0. The highest BCUT2D eigenvalue weighted by Gasteiger charge is 2.28. The van der Waals surface area contributed by atoms with E-state index >= 15 is 0 Å². The predicted octanol–water partition coefficient (Wildman–Crippen LogP) is 4.44. The Hall–Kier alpha value is -1.31. The third-order valence-corrected chi connectivity index (χ3v) is 4.66. The van der Waals surface area contributed by atoms with E-state index in [4.69, 9.17) is 0 Å². The molecule has 1 atom stereocenters. The first-order chi connectivity index (χ1) is 9.09. The molecule has 2 heteroatoms. The molecular weight excluding hydrogens is 236 g/mol. The van der Waals surface area contributed by atoms with Gasteiger partial charge in [0, 0.05) is 0 Å². The van der Waals surface area contributed by atoms with Gasteiger partial charge in [-0.25, -0.2) is 0 Å². The molecule has 0 radical (unpaired) electrons. The van der Waals surface area contributed by atoms with Gasteiger partial charge < -0.3 is 5.11 Å². The van der Waals surface area contributed by atoms with Gasteiger partial charge in [-0.15, -0.1) is 0 Å². The lowest BCUT2D eigenvalue weighted by Gasteiger charge is -2.31. The number of aliphatic carboxylic acids is 1. The van der Waals surface area contributed by atoms with Gasteiger partial charge in [-0.3, -0.25) is 4.79 Å². The van der Waals surface area contributed by atoms with Gasteiger partial charge in [-0.05, 0) is 55.2 Å². The summed E-state index contributed by atoms with van der Waals surface area (Å²) in [6.45, 7) is 4.24. The fourth-order valence-electron chi connectivity index (χ4n) is 3.43. The van der Waals surface area contributed by atoms with Crippen LogP contribution in [0.1, 0.15) is 61.1 Å². The van der Waals surface area contributed by atoms with Gasteiger partial charge in [0.25, 0.3) is 0 Å². The van der Waals surface area contributed by atoms with E-state index in [0.717, 1.165) is 0 Å². The molecule has 19 heavy (non-hydrogen) atoms. The average Bonchev–Trinajstić information content (AvgIpc) is 2.40. The summed E-state index contributed by atoms with van der Waals surface area (Å²) in [7, 11) is 0. The summed E-state index contributed by atoms with van der Waals surface area (Å²) in [5.74, 6) is 0.0690. The van der Waals surface area contributed by atoms with Crippen molar-refractivity contribution in [2.45, 2.75) is 58.3 Å². The molecule has 1 aliphatic carbocycles. The number of carboxylic acid groups (broad SMARTS) is 1. The third-order valence-electron chi connectivity index (χ3n) is 4.66. The topological polar surface area (TPSA) is 37.3 Å². The van der Waals surface area contributed by atoms with Crippen molar-refractivity contribution in [2.75, 3.05) is 0 Å². The van der Waals surface area contributed by atoms with E-state index < -0.39 is 5.97 Å². The number of carboxylic acids is 1. The van der Waals surface area contributed by atoms with Crippen LogP contribution in [0.25, 0.3) is 0 Å². The van der Waals surface area contributed by atoms with E-state index in [1.165, 1.54) is 48.8 Å². The van der Waals surface area contributed by atoms with Gasteiger partial charge in [-0.1, -0.05) is 37.5 Å². The largest absolute Gasteiger partial charge is 0.481 e. The first kappa shape index (κ1) is 14.1. The second kappa shape index (κ2) is 6.23. The summed E-state index contributed by atoms with van der Waals surface area (Å²) >= 11 is 0. The number of carbonyl (C=O) groups is 1. The highest BCUT2D eigenvalue weighted by atomic mass is 16.4. The van der Waals surface area contributed by atoms with Crippen LogP contribution in [0.4, 0.5) is 0 Å². The molecule has 1 aromatic rings. The lowest BCUT2D eigenvalue weighted by atomic mass is 9.74. The van der Waals surface area contributed by atoms with Gasteiger partial charge in [-0.2, -0.15) is 0 Å². The van der Waals surface area contributed by atoms with Crippen LogP contribution in [-0.2, 0) is 4.79 Å². The van der Waals surface area contributed by atoms with Gasteiger partial charge in [0.1, 0.15) is 0 Å². The Kier molecular flexibility index (Phi) is 4.62. The molecule has 1 fully saturated rings. The maximum absolute atomic E-state index is 11.2. The molecule has 1 saturated carbocycles. The minimum absolute atomic E-state index is 0.192. The molecule has 1 N–H and O–H groups in total. The molecule has 2 nitrogen and oxygen atoms in total. The van der Waals surface area contributed by atoms with Crippen molar-refractivity contribution in [3.05, 3.63) is 34.9 Å². The van der Waals surface area contributed by atoms with Gasteiger partial charge in [0.2, 0.25) is 0 Å². The number of hydrogen-bond donors (Lipinski definition) is 1. The molecule has 0 amide bonds. The summed E-state index contributed by atoms with van der Waals surface area (Å²) < 4.78 is 0. The van der Waals surface area contributed by atoms with E-state index in [9.17, 15) is 9.90 Å². The highest BCUT2D eigenvalue weighted by molar-refractivity contribution is 5.68. The van der Waals surface area contributed by atoms with Gasteiger partial charge in [0.05, 0.1) is 6.42 Å². The lowest BCUT2D eigenvalue weighted by Crippen LogP contribution is -2.20. The molecule has 0 aliphatic heterocycles. The van der Waals surface area contributed by atoms with Gasteiger partial charge in [0.15, 0.2) is 0 Å². The summed E-state index contributed by atoms with van der Waals surface area (Å²) in [5.41, 5.74) is 3.80. The minimum atomic E-state index is -0.670. The van der Waals surface area contributed by atoms with Crippen molar-refractivity contribution >= 4 is 5.97 Å². The van der Waals surface area contributed by atoms with E-state index in [0.29, 0.717) is 5.92 Å². The molecule has 1 aromatic carbocycles. The first-order valence-corrected chi connectivity index (χ1v) is 7.37. The van der Waals surface area contributed by atoms with Gasteiger partial charge >= 0.3 is 5.97 Å². The van der Waals surface area contributed by atoms with Crippen LogP contribution in [0, 0.1) is 19.8 Å². The van der Waals surface area contributed by atoms with E-state index in [1.807, 2.05) is 0 Å². The zero-order valence-electron chi connectivity index (χ0n) is 12.0. The van der Waals surface area contributed by atoms with Crippen LogP contribution < -0.4 is 0 Å². The van der Waals surface area contributed by atoms with Crippen molar-refractivity contribution in [3.63, 3.8) is 0 Å². The SMILES string of the molecule is Cc1cccc(C(CC(=O)O)C2CCCCC2)c1C. The molecule has 104 valence electrons. The Morgan fingerprint density at radius 3 is 2.58 bits per heavy atom. The fourth-order valence-corrected chi connectivity index (χ4v) is 3.43. The maximum Gasteiger partial charge on any atom is 0.303 e. The predicted molar refractivity (Wildman–Crippen MR) is 77.5 cm³/mol. The Bertz CT molecular complexity index is 445. The Morgan fingerprint density at radius 2 is 1.95 bits per heavy atom. The van der Waals surface area contributed by atoms with E-state index in [2.05, 4.69) is 32.0 Å². The molecular formula is C17H24O2. The van der Waals surface area contributed by atoms with Crippen molar-refractivity contribution in [2.24, 2.45) is 5.92 Å². The van der Waals surface area contributed by atoms with Crippen molar-refractivity contribution in [1.82, 2.24) is 0 Å². The molecule has 0 saturated heterocycles. The minimum Gasteiger partial charge on any atom is -0.481 e. The molecule has 0 bridgehead atoms. The van der Waals surface area contributed by atoms with Crippen LogP contribution in [0.3, 0.4) is 0 Å². The number of aryl methyl sites for hydroxylation is 1. The molecule has 0 heterocycles. The van der Waals surface area contributed by atoms with Crippen LogP contribution in [0.15, 0.2) is 18.2 Å². The fraction of sp³-hybridized carbons (Fsp3) is 0.588. The van der Waals surface area contributed by atoms with Crippen LogP contribution >= 0.6 is 0 Å². The Balaban J connectivity index is 2.30. The molecule has 2 rings (SSSR count). The van der Waals surface area contributed by atoms with Crippen molar-refractivity contribution in [1.29, 1.82) is 0 Å². The summed E-state index contributed by atoms with van der Waals surface area (Å²) in [6, 6.07) is 6.30. The van der Waals surface area contributed by atoms with Crippen molar-refractivity contribution < 1.29 is 9.90 Å². The molecule has 0 aromatic heterocycles. The number of hydrogen-bond acceptors (Lipinski definition) is 1. The van der Waals surface area contributed by atoms with Crippen LogP contribution in [0.5, 0.6) is 0 Å². The second-order valence-electron chi connectivity index (χ2n) is 5.89. The zero-order chi connectivity index (χ0) is 13.8. The smallest absolute Gasteiger partial charge is 0.303 e. The van der Waals surface area contributed by atoms with Crippen LogP contribution in [0.2, 0.25) is 0 Å². The summed E-state index contributed by atoms with van der Waals surface area (Å²) in [4.78, 5) is 11.2. The Labute approximate surface area is 115 Å². The number of rotatable bonds is 4. The second-order valence-corrected chi connectivity index (χ2v) is 5.89. The molecule has 0 spiro atoms. The Morgan fingerprint density at radius 1 is 1.26 bits per heavy atom. The lowest BCUT2D eigenvalue weighted by molar-refractivity contribution is -0.137. The average molecular weight is 260 g/mol. The highest BCUT2D eigenvalue weighted by Crippen LogP contribution is 2.39. The summed E-state index contributed by atoms with van der Waals surface area (Å²) in [6.07, 6.45) is 6.46. The third kappa shape index (κ3) is 3.37. The maximum atomic E-state index is 11.2. The number of benzene rings is 1. The monoisotopic (exact) mass is 260 g/mol. The normalized spacial score (nSPS) is 18.2. The van der Waals surface area contributed by atoms with E-state index in [1.54, 1.807) is 0 Å². The van der Waals surface area contributed by atoms with Crippen molar-refractivity contribution in [3.8, 4) is 0 Å².